The van der Waals surface area contributed by atoms with Crippen molar-refractivity contribution >= 4 is 15.9 Å². The summed E-state index contributed by atoms with van der Waals surface area (Å²) in [5.41, 5.74) is 1.11. The Bertz CT molecular complexity index is 326. The molecule has 0 saturated heterocycles. The van der Waals surface area contributed by atoms with Crippen molar-refractivity contribution in [2.45, 2.75) is 19.6 Å². The van der Waals surface area contributed by atoms with E-state index < -0.39 is 11.9 Å². The maximum Gasteiger partial charge on any atom is 0.143 e. The van der Waals surface area contributed by atoms with Gasteiger partial charge in [0.05, 0.1) is 17.2 Å². The summed E-state index contributed by atoms with van der Waals surface area (Å²) in [5, 5.41) is 9.32. The molecule has 0 aliphatic carbocycles. The molecule has 0 amide bonds. The molecule has 4 heteroatoms. The summed E-state index contributed by atoms with van der Waals surface area (Å²) in [6.07, 6.45) is -0.817. The summed E-state index contributed by atoms with van der Waals surface area (Å²) < 4.78 is 18.7. The van der Waals surface area contributed by atoms with Gasteiger partial charge in [-0.05, 0) is 40.5 Å². The molecule has 1 aromatic rings. The lowest BCUT2D eigenvalue weighted by Gasteiger charge is -2.10. The van der Waals surface area contributed by atoms with Crippen LogP contribution in [0.5, 0.6) is 0 Å². The molecule has 0 aromatic heterocycles. The topological polar surface area (TPSA) is 29.5 Å². The maximum atomic E-state index is 13.4. The number of halogens is 2. The number of methoxy groups -OCH3 is 1. The Balaban J connectivity index is 3.14. The predicted molar refractivity (Wildman–Crippen MR) is 55.4 cm³/mol. The van der Waals surface area contributed by atoms with Gasteiger partial charge in [0.1, 0.15) is 5.82 Å². The second-order valence-electron chi connectivity index (χ2n) is 3.09. The van der Waals surface area contributed by atoms with Crippen molar-refractivity contribution in [2.24, 2.45) is 0 Å². The summed E-state index contributed by atoms with van der Waals surface area (Å²) in [5.74, 6) is -0.417. The monoisotopic (exact) mass is 262 g/mol. The first-order chi connectivity index (χ1) is 6.56. The van der Waals surface area contributed by atoms with Crippen LogP contribution in [0, 0.1) is 5.82 Å². The molecule has 1 N–H and O–H groups in total. The van der Waals surface area contributed by atoms with E-state index in [1.807, 2.05) is 0 Å². The number of hydrogen-bond acceptors (Lipinski definition) is 2. The Morgan fingerprint density at radius 1 is 1.57 bits per heavy atom. The van der Waals surface area contributed by atoms with Gasteiger partial charge in [0.15, 0.2) is 0 Å². The SMILES string of the molecule is COCc1cc(Br)c(F)c(C(C)O)c1. The van der Waals surface area contributed by atoms with Crippen molar-refractivity contribution in [1.82, 2.24) is 0 Å². The van der Waals surface area contributed by atoms with Gasteiger partial charge in [-0.25, -0.2) is 4.39 Å². The largest absolute Gasteiger partial charge is 0.389 e. The fourth-order valence-corrected chi connectivity index (χ4v) is 1.75. The molecule has 78 valence electrons. The minimum Gasteiger partial charge on any atom is -0.389 e. The van der Waals surface area contributed by atoms with Crippen LogP contribution < -0.4 is 0 Å². The second-order valence-corrected chi connectivity index (χ2v) is 3.94. The average Bonchev–Trinajstić information content (AvgIpc) is 2.11. The van der Waals surface area contributed by atoms with Crippen molar-refractivity contribution in [3.63, 3.8) is 0 Å². The van der Waals surface area contributed by atoms with Crippen molar-refractivity contribution in [2.75, 3.05) is 7.11 Å². The first kappa shape index (κ1) is 11.6. The van der Waals surface area contributed by atoms with Crippen LogP contribution in [0.4, 0.5) is 4.39 Å². The molecule has 0 bridgehead atoms. The van der Waals surface area contributed by atoms with Gasteiger partial charge in [-0.15, -0.1) is 0 Å². The summed E-state index contributed by atoms with van der Waals surface area (Å²) in [4.78, 5) is 0. The van der Waals surface area contributed by atoms with Crippen molar-refractivity contribution in [1.29, 1.82) is 0 Å². The van der Waals surface area contributed by atoms with Crippen LogP contribution in [-0.2, 0) is 11.3 Å². The second kappa shape index (κ2) is 4.87. The summed E-state index contributed by atoms with van der Waals surface area (Å²) >= 11 is 3.09. The molecule has 1 unspecified atom stereocenters. The van der Waals surface area contributed by atoms with Gasteiger partial charge in [-0.1, -0.05) is 0 Å². The average molecular weight is 263 g/mol. The van der Waals surface area contributed by atoms with E-state index >= 15 is 0 Å². The van der Waals surface area contributed by atoms with E-state index in [1.165, 1.54) is 6.92 Å². The highest BCUT2D eigenvalue weighted by molar-refractivity contribution is 9.10. The predicted octanol–water partition coefficient (Wildman–Crippen LogP) is 2.79. The third-order valence-electron chi connectivity index (χ3n) is 1.88. The lowest BCUT2D eigenvalue weighted by molar-refractivity contribution is 0.181. The molecule has 0 aliphatic heterocycles. The smallest absolute Gasteiger partial charge is 0.143 e. The van der Waals surface area contributed by atoms with Crippen LogP contribution in [0.3, 0.4) is 0 Å². The van der Waals surface area contributed by atoms with Crippen molar-refractivity contribution < 1.29 is 14.2 Å². The molecule has 14 heavy (non-hydrogen) atoms. The molecule has 0 aliphatic rings. The molecule has 0 radical (unpaired) electrons. The summed E-state index contributed by atoms with van der Waals surface area (Å²) in [6, 6.07) is 3.25. The molecule has 0 fully saturated rings. The molecule has 0 spiro atoms. The Morgan fingerprint density at radius 2 is 2.21 bits per heavy atom. The lowest BCUT2D eigenvalue weighted by atomic mass is 10.1. The molecule has 1 atom stereocenters. The summed E-state index contributed by atoms with van der Waals surface area (Å²) in [6.45, 7) is 1.93. The molecule has 1 rings (SSSR count). The zero-order valence-electron chi connectivity index (χ0n) is 8.05. The fourth-order valence-electron chi connectivity index (χ4n) is 1.22. The number of aliphatic hydroxyl groups excluding tert-OH is 1. The highest BCUT2D eigenvalue weighted by Crippen LogP contribution is 2.26. The van der Waals surface area contributed by atoms with E-state index in [2.05, 4.69) is 15.9 Å². The van der Waals surface area contributed by atoms with Gasteiger partial charge in [-0.3, -0.25) is 0 Å². The van der Waals surface area contributed by atoms with E-state index in [0.717, 1.165) is 5.56 Å². The minimum atomic E-state index is -0.817. The van der Waals surface area contributed by atoms with Gasteiger partial charge in [-0.2, -0.15) is 0 Å². The van der Waals surface area contributed by atoms with E-state index in [1.54, 1.807) is 19.2 Å². The molecular weight excluding hydrogens is 251 g/mol. The fraction of sp³-hybridized carbons (Fsp3) is 0.400. The first-order valence-corrected chi connectivity index (χ1v) is 5.00. The van der Waals surface area contributed by atoms with Crippen molar-refractivity contribution in [3.8, 4) is 0 Å². The van der Waals surface area contributed by atoms with Crippen LogP contribution in [0.1, 0.15) is 24.2 Å². The van der Waals surface area contributed by atoms with Gasteiger partial charge < -0.3 is 9.84 Å². The molecule has 0 heterocycles. The van der Waals surface area contributed by atoms with Crippen LogP contribution in [0.25, 0.3) is 0 Å². The summed E-state index contributed by atoms with van der Waals surface area (Å²) in [7, 11) is 1.57. The standard InChI is InChI=1S/C10H12BrFO2/c1-6(13)8-3-7(5-14-2)4-9(11)10(8)12/h3-4,6,13H,5H2,1-2H3. The van der Waals surface area contributed by atoms with Gasteiger partial charge in [0.25, 0.3) is 0 Å². The number of aliphatic hydroxyl groups is 1. The Kier molecular flexibility index (Phi) is 4.04. The van der Waals surface area contributed by atoms with E-state index in [-0.39, 0.29) is 5.56 Å². The van der Waals surface area contributed by atoms with Crippen molar-refractivity contribution in [3.05, 3.63) is 33.5 Å². The number of ether oxygens (including phenoxy) is 1. The van der Waals surface area contributed by atoms with Gasteiger partial charge in [0.2, 0.25) is 0 Å². The minimum absolute atomic E-state index is 0.284. The van der Waals surface area contributed by atoms with Crippen LogP contribution in [-0.4, -0.2) is 12.2 Å². The van der Waals surface area contributed by atoms with E-state index in [0.29, 0.717) is 11.1 Å². The lowest BCUT2D eigenvalue weighted by Crippen LogP contribution is -2.00. The van der Waals surface area contributed by atoms with Crippen LogP contribution >= 0.6 is 15.9 Å². The zero-order chi connectivity index (χ0) is 10.7. The van der Waals surface area contributed by atoms with Gasteiger partial charge in [0, 0.05) is 12.7 Å². The normalized spacial score (nSPS) is 12.9. The van der Waals surface area contributed by atoms with E-state index in [4.69, 9.17) is 4.74 Å². The van der Waals surface area contributed by atoms with E-state index in [9.17, 15) is 9.50 Å². The number of hydrogen-bond donors (Lipinski definition) is 1. The molecule has 2 nitrogen and oxygen atoms in total. The first-order valence-electron chi connectivity index (χ1n) is 4.21. The highest BCUT2D eigenvalue weighted by Gasteiger charge is 2.12. The maximum absolute atomic E-state index is 13.4. The van der Waals surface area contributed by atoms with Crippen LogP contribution in [0.15, 0.2) is 16.6 Å². The van der Waals surface area contributed by atoms with Gasteiger partial charge >= 0.3 is 0 Å². The Hall–Kier alpha value is -0.450. The Labute approximate surface area is 90.8 Å². The third kappa shape index (κ3) is 2.53. The Morgan fingerprint density at radius 3 is 2.71 bits per heavy atom. The third-order valence-corrected chi connectivity index (χ3v) is 2.45. The quantitative estimate of drug-likeness (QED) is 0.908. The molecule has 1 aromatic carbocycles. The van der Waals surface area contributed by atoms with Crippen LogP contribution in [0.2, 0.25) is 0 Å². The highest BCUT2D eigenvalue weighted by atomic mass is 79.9. The number of rotatable bonds is 3. The molecule has 0 saturated carbocycles. The molecular formula is C10H12BrFO2. The number of benzene rings is 1. The zero-order valence-corrected chi connectivity index (χ0v) is 9.64.